The van der Waals surface area contributed by atoms with Crippen LogP contribution in [0.15, 0.2) is 18.2 Å². The van der Waals surface area contributed by atoms with Gasteiger partial charge < -0.3 is 19.8 Å². The van der Waals surface area contributed by atoms with Gasteiger partial charge >= 0.3 is 0 Å². The predicted molar refractivity (Wildman–Crippen MR) is 131 cm³/mol. The van der Waals surface area contributed by atoms with Gasteiger partial charge in [-0.2, -0.15) is 0 Å². The summed E-state index contributed by atoms with van der Waals surface area (Å²) >= 11 is 0. The molecule has 1 atom stereocenters. The lowest BCUT2D eigenvalue weighted by Gasteiger charge is -2.16. The standard InChI is InChI=1S/C17H29N3O2.C9H13N/c1-13(2)5-3-7-16-18-19-17(20(16)15-8-9-15)14(10-12-22)6-4-11-21;1-7-4-5-9(10-3)8(2)6-7/h12-15,21H,3-11H2,1-2H3;4-6,10H,1-3H3. The lowest BCUT2D eigenvalue weighted by Crippen LogP contribution is -2.12. The number of carbonyl (C=O) groups excluding carboxylic acids is 1. The van der Waals surface area contributed by atoms with Crippen LogP contribution in [0.1, 0.15) is 93.5 Å². The Hall–Kier alpha value is -2.21. The molecular weight excluding hydrogens is 400 g/mol. The summed E-state index contributed by atoms with van der Waals surface area (Å²) in [6.07, 6.45) is 8.63. The minimum absolute atomic E-state index is 0.0941. The number of aliphatic hydroxyl groups excluding tert-OH is 1. The molecule has 178 valence electrons. The Labute approximate surface area is 193 Å². The fourth-order valence-electron chi connectivity index (χ4n) is 4.09. The highest BCUT2D eigenvalue weighted by Crippen LogP contribution is 2.39. The summed E-state index contributed by atoms with van der Waals surface area (Å²) in [5.41, 5.74) is 3.84. The van der Waals surface area contributed by atoms with Crippen molar-refractivity contribution >= 4 is 12.0 Å². The Morgan fingerprint density at radius 2 is 1.94 bits per heavy atom. The molecule has 1 saturated carbocycles. The molecule has 1 aliphatic rings. The van der Waals surface area contributed by atoms with E-state index in [0.29, 0.717) is 24.8 Å². The Morgan fingerprint density at radius 1 is 1.19 bits per heavy atom. The summed E-state index contributed by atoms with van der Waals surface area (Å²) < 4.78 is 2.30. The molecule has 6 heteroatoms. The average molecular weight is 443 g/mol. The second-order valence-electron chi connectivity index (χ2n) is 9.40. The van der Waals surface area contributed by atoms with Crippen molar-refractivity contribution in [1.82, 2.24) is 14.8 Å². The van der Waals surface area contributed by atoms with E-state index in [1.807, 2.05) is 7.05 Å². The third kappa shape index (κ3) is 8.05. The first-order valence-corrected chi connectivity index (χ1v) is 12.1. The molecule has 1 unspecified atom stereocenters. The van der Waals surface area contributed by atoms with Crippen LogP contribution in [0, 0.1) is 19.8 Å². The zero-order chi connectivity index (χ0) is 23.5. The van der Waals surface area contributed by atoms with Gasteiger partial charge in [0.25, 0.3) is 0 Å². The second kappa shape index (κ2) is 13.4. The highest BCUT2D eigenvalue weighted by molar-refractivity contribution is 5.51. The van der Waals surface area contributed by atoms with Gasteiger partial charge in [-0.05, 0) is 63.5 Å². The summed E-state index contributed by atoms with van der Waals surface area (Å²) in [6.45, 7) is 8.86. The maximum Gasteiger partial charge on any atom is 0.136 e. The van der Waals surface area contributed by atoms with Gasteiger partial charge in [-0.3, -0.25) is 0 Å². The third-order valence-electron chi connectivity index (χ3n) is 5.99. The average Bonchev–Trinajstić information content (AvgIpc) is 3.51. The molecule has 0 amide bonds. The Bertz CT molecular complexity index is 827. The lowest BCUT2D eigenvalue weighted by atomic mass is 9.99. The van der Waals surface area contributed by atoms with E-state index < -0.39 is 0 Å². The van der Waals surface area contributed by atoms with E-state index in [-0.39, 0.29) is 12.5 Å². The van der Waals surface area contributed by atoms with Crippen LogP contribution in [-0.2, 0) is 11.2 Å². The van der Waals surface area contributed by atoms with Crippen molar-refractivity contribution in [3.63, 3.8) is 0 Å². The molecule has 1 fully saturated rings. The van der Waals surface area contributed by atoms with Gasteiger partial charge in [0.2, 0.25) is 0 Å². The molecule has 0 saturated heterocycles. The van der Waals surface area contributed by atoms with Crippen molar-refractivity contribution < 1.29 is 9.90 Å². The molecule has 6 nitrogen and oxygen atoms in total. The van der Waals surface area contributed by atoms with Crippen molar-refractivity contribution in [1.29, 1.82) is 0 Å². The lowest BCUT2D eigenvalue weighted by molar-refractivity contribution is -0.108. The third-order valence-corrected chi connectivity index (χ3v) is 5.99. The zero-order valence-corrected chi connectivity index (χ0v) is 20.6. The molecule has 0 radical (unpaired) electrons. The monoisotopic (exact) mass is 442 g/mol. The van der Waals surface area contributed by atoms with Crippen molar-refractivity contribution in [2.45, 2.75) is 91.0 Å². The molecule has 0 bridgehead atoms. The molecule has 1 aromatic carbocycles. The van der Waals surface area contributed by atoms with Crippen LogP contribution >= 0.6 is 0 Å². The van der Waals surface area contributed by atoms with Gasteiger partial charge in [-0.25, -0.2) is 0 Å². The highest BCUT2D eigenvalue weighted by atomic mass is 16.2. The number of aldehydes is 1. The van der Waals surface area contributed by atoms with Gasteiger partial charge in [0.15, 0.2) is 0 Å². The molecule has 2 N–H and O–H groups in total. The van der Waals surface area contributed by atoms with E-state index in [2.05, 4.69) is 66.0 Å². The Balaban J connectivity index is 0.000000303. The summed E-state index contributed by atoms with van der Waals surface area (Å²) in [5.74, 6) is 2.85. The number of benzene rings is 1. The normalized spacial score (nSPS) is 14.1. The van der Waals surface area contributed by atoms with Crippen LogP contribution in [0.5, 0.6) is 0 Å². The van der Waals surface area contributed by atoms with E-state index in [0.717, 1.165) is 37.2 Å². The zero-order valence-electron chi connectivity index (χ0n) is 20.6. The van der Waals surface area contributed by atoms with Gasteiger partial charge in [0.05, 0.1) is 0 Å². The molecule has 0 spiro atoms. The van der Waals surface area contributed by atoms with Crippen molar-refractivity contribution in [3.05, 3.63) is 41.0 Å². The molecule has 1 aliphatic carbocycles. The molecule has 2 aromatic rings. The molecule has 3 rings (SSSR count). The van der Waals surface area contributed by atoms with Crippen molar-refractivity contribution in [3.8, 4) is 0 Å². The number of nitrogens with one attached hydrogen (secondary N) is 1. The van der Waals surface area contributed by atoms with Gasteiger partial charge in [-0.15, -0.1) is 10.2 Å². The van der Waals surface area contributed by atoms with Crippen LogP contribution in [0.25, 0.3) is 0 Å². The number of aromatic nitrogens is 3. The number of nitrogens with zero attached hydrogens (tertiary/aromatic N) is 3. The molecule has 1 aromatic heterocycles. The van der Waals surface area contributed by atoms with E-state index in [1.54, 1.807) is 0 Å². The van der Waals surface area contributed by atoms with E-state index in [4.69, 9.17) is 5.11 Å². The minimum Gasteiger partial charge on any atom is -0.396 e. The molecule has 0 aliphatic heterocycles. The molecule has 1 heterocycles. The number of carbonyl (C=O) groups is 1. The van der Waals surface area contributed by atoms with Crippen molar-refractivity contribution in [2.75, 3.05) is 19.0 Å². The van der Waals surface area contributed by atoms with E-state index >= 15 is 0 Å². The summed E-state index contributed by atoms with van der Waals surface area (Å²) in [6, 6.07) is 6.91. The number of hydrogen-bond acceptors (Lipinski definition) is 5. The number of hydrogen-bond donors (Lipinski definition) is 2. The van der Waals surface area contributed by atoms with Crippen molar-refractivity contribution in [2.24, 2.45) is 5.92 Å². The fraction of sp³-hybridized carbons (Fsp3) is 0.654. The number of aliphatic hydroxyl groups is 1. The first-order valence-electron chi connectivity index (χ1n) is 12.1. The summed E-state index contributed by atoms with van der Waals surface area (Å²) in [5, 5.41) is 21.0. The first-order chi connectivity index (χ1) is 15.4. The summed E-state index contributed by atoms with van der Waals surface area (Å²) in [7, 11) is 1.94. The van der Waals surface area contributed by atoms with E-state index in [1.165, 1.54) is 36.1 Å². The highest BCUT2D eigenvalue weighted by Gasteiger charge is 2.31. The number of aryl methyl sites for hydroxylation is 3. The second-order valence-corrected chi connectivity index (χ2v) is 9.40. The summed E-state index contributed by atoms with van der Waals surface area (Å²) in [4.78, 5) is 11.0. The molecule has 32 heavy (non-hydrogen) atoms. The smallest absolute Gasteiger partial charge is 0.136 e. The number of anilines is 1. The predicted octanol–water partition coefficient (Wildman–Crippen LogP) is 5.38. The molecular formula is C26H42N4O2. The minimum atomic E-state index is 0.0941. The SMILES string of the molecule is CC(C)CCCc1nnc(C(CC=O)CCCO)n1C1CC1.CNc1ccc(C)cc1C. The van der Waals surface area contributed by atoms with E-state index in [9.17, 15) is 4.79 Å². The quantitative estimate of drug-likeness (QED) is 0.431. The van der Waals surface area contributed by atoms with Crippen LogP contribution in [0.3, 0.4) is 0 Å². The van der Waals surface area contributed by atoms with Gasteiger partial charge in [0, 0.05) is 44.1 Å². The number of rotatable bonds is 12. The van der Waals surface area contributed by atoms with Crippen LogP contribution in [0.2, 0.25) is 0 Å². The largest absolute Gasteiger partial charge is 0.396 e. The van der Waals surface area contributed by atoms with Gasteiger partial charge in [0.1, 0.15) is 17.9 Å². The van der Waals surface area contributed by atoms with Crippen LogP contribution in [0.4, 0.5) is 5.69 Å². The maximum atomic E-state index is 11.0. The van der Waals surface area contributed by atoms with Crippen LogP contribution < -0.4 is 5.32 Å². The van der Waals surface area contributed by atoms with Gasteiger partial charge in [-0.1, -0.05) is 38.0 Å². The Morgan fingerprint density at radius 3 is 2.50 bits per heavy atom. The van der Waals surface area contributed by atoms with Crippen LogP contribution in [-0.4, -0.2) is 39.8 Å². The fourth-order valence-corrected chi connectivity index (χ4v) is 4.09. The topological polar surface area (TPSA) is 80.0 Å². The first kappa shape index (κ1) is 26.0. The maximum absolute atomic E-state index is 11.0. The Kier molecular flexibility index (Phi) is 10.9.